The van der Waals surface area contributed by atoms with Gasteiger partial charge in [0.25, 0.3) is 0 Å². The number of carbonyl (C=O) groups excluding carboxylic acids is 1. The second kappa shape index (κ2) is 2.22. The molecule has 62 valence electrons. The number of carbonyl (C=O) groups is 1. The molecule has 0 aromatic carbocycles. The summed E-state index contributed by atoms with van der Waals surface area (Å²) in [6.45, 7) is 5.78. The lowest BCUT2D eigenvalue weighted by molar-refractivity contribution is 0.163. The van der Waals surface area contributed by atoms with Crippen molar-refractivity contribution in [2.24, 2.45) is 10.8 Å². The van der Waals surface area contributed by atoms with E-state index in [0.717, 1.165) is 12.1 Å². The predicted octanol–water partition coefficient (Wildman–Crippen LogP) is 0.925. The lowest BCUT2D eigenvalue weighted by Gasteiger charge is -2.26. The highest BCUT2D eigenvalue weighted by molar-refractivity contribution is 5.88. The number of nitrogens with zero attached hydrogens (tertiary/aromatic N) is 2. The fourth-order valence-corrected chi connectivity index (χ4v) is 1.39. The fourth-order valence-electron chi connectivity index (χ4n) is 1.39. The lowest BCUT2D eigenvalue weighted by atomic mass is 9.99. The number of urea groups is 1. The molecule has 0 aliphatic carbocycles. The van der Waals surface area contributed by atoms with Crippen LogP contribution >= 0.6 is 0 Å². The van der Waals surface area contributed by atoms with Crippen LogP contribution in [-0.2, 0) is 0 Å². The molecule has 0 aromatic heterocycles. The van der Waals surface area contributed by atoms with E-state index in [2.05, 4.69) is 5.10 Å². The molecule has 1 rings (SSSR count). The Labute approximate surface area is 66.0 Å². The Morgan fingerprint density at radius 2 is 2.27 bits per heavy atom. The van der Waals surface area contributed by atoms with Crippen LogP contribution in [0.15, 0.2) is 5.10 Å². The van der Waals surface area contributed by atoms with Crippen LogP contribution in [0.4, 0.5) is 4.79 Å². The molecule has 11 heavy (non-hydrogen) atoms. The Balaban J connectivity index is 2.86. The van der Waals surface area contributed by atoms with Crippen molar-refractivity contribution >= 4 is 11.7 Å². The number of hydrogen-bond donors (Lipinski definition) is 1. The van der Waals surface area contributed by atoms with Crippen LogP contribution in [0.3, 0.4) is 0 Å². The van der Waals surface area contributed by atoms with Gasteiger partial charge < -0.3 is 5.73 Å². The molecule has 0 saturated carbocycles. The Morgan fingerprint density at radius 1 is 1.73 bits per heavy atom. The van der Waals surface area contributed by atoms with Gasteiger partial charge in [-0.15, -0.1) is 0 Å². The Hall–Kier alpha value is -1.06. The molecule has 4 nitrogen and oxygen atoms in total. The highest BCUT2D eigenvalue weighted by atomic mass is 16.2. The molecular weight excluding hydrogens is 142 g/mol. The second-order valence-electron chi connectivity index (χ2n) is 3.47. The third-order valence-corrected chi connectivity index (χ3v) is 1.74. The summed E-state index contributed by atoms with van der Waals surface area (Å²) in [7, 11) is 0. The van der Waals surface area contributed by atoms with Crippen molar-refractivity contribution in [1.29, 1.82) is 0 Å². The maximum Gasteiger partial charge on any atom is 0.335 e. The summed E-state index contributed by atoms with van der Waals surface area (Å²) in [5.41, 5.74) is 5.83. The van der Waals surface area contributed by atoms with Crippen LogP contribution in [0.1, 0.15) is 27.2 Å². The summed E-state index contributed by atoms with van der Waals surface area (Å²) in [6.07, 6.45) is 0.802. The van der Waals surface area contributed by atoms with Crippen molar-refractivity contribution in [2.75, 3.05) is 0 Å². The van der Waals surface area contributed by atoms with E-state index in [0.29, 0.717) is 0 Å². The smallest absolute Gasteiger partial charge is 0.335 e. The summed E-state index contributed by atoms with van der Waals surface area (Å²) in [4.78, 5) is 10.8. The van der Waals surface area contributed by atoms with Gasteiger partial charge in [-0.1, -0.05) is 0 Å². The van der Waals surface area contributed by atoms with Gasteiger partial charge >= 0.3 is 6.03 Å². The zero-order chi connectivity index (χ0) is 8.65. The standard InChI is InChI=1S/C7H13N3O/c1-5-4-7(2,3)10(9-5)6(8)11/h4H2,1-3H3,(H2,8,11). The number of primary amides is 1. The monoisotopic (exact) mass is 155 g/mol. The van der Waals surface area contributed by atoms with Crippen LogP contribution in [0.2, 0.25) is 0 Å². The quantitative estimate of drug-likeness (QED) is 0.555. The van der Waals surface area contributed by atoms with E-state index in [-0.39, 0.29) is 5.54 Å². The summed E-state index contributed by atoms with van der Waals surface area (Å²) >= 11 is 0. The summed E-state index contributed by atoms with van der Waals surface area (Å²) in [6, 6.07) is -0.480. The maximum absolute atomic E-state index is 10.8. The Morgan fingerprint density at radius 3 is 2.45 bits per heavy atom. The first kappa shape index (κ1) is 8.04. The SMILES string of the molecule is CC1=NN(C(N)=O)C(C)(C)C1. The minimum atomic E-state index is -0.480. The number of hydrazone groups is 1. The third-order valence-electron chi connectivity index (χ3n) is 1.74. The molecule has 1 heterocycles. The van der Waals surface area contributed by atoms with Crippen molar-refractivity contribution in [3.05, 3.63) is 0 Å². The summed E-state index contributed by atoms with van der Waals surface area (Å²) in [5, 5.41) is 5.35. The average molecular weight is 155 g/mol. The molecule has 0 fully saturated rings. The van der Waals surface area contributed by atoms with Gasteiger partial charge in [0.1, 0.15) is 0 Å². The van der Waals surface area contributed by atoms with Crippen LogP contribution in [-0.4, -0.2) is 22.3 Å². The number of hydrogen-bond acceptors (Lipinski definition) is 2. The minimum Gasteiger partial charge on any atom is -0.350 e. The van der Waals surface area contributed by atoms with Crippen molar-refractivity contribution < 1.29 is 4.79 Å². The van der Waals surface area contributed by atoms with E-state index >= 15 is 0 Å². The van der Waals surface area contributed by atoms with E-state index in [9.17, 15) is 4.79 Å². The second-order valence-corrected chi connectivity index (χ2v) is 3.47. The first-order valence-electron chi connectivity index (χ1n) is 3.57. The summed E-state index contributed by atoms with van der Waals surface area (Å²) < 4.78 is 0. The Bertz CT molecular complexity index is 220. The van der Waals surface area contributed by atoms with Crippen LogP contribution in [0.5, 0.6) is 0 Å². The molecule has 0 bridgehead atoms. The molecule has 0 saturated heterocycles. The van der Waals surface area contributed by atoms with Gasteiger partial charge in [-0.25, -0.2) is 9.80 Å². The van der Waals surface area contributed by atoms with Crippen LogP contribution in [0.25, 0.3) is 0 Å². The number of rotatable bonds is 0. The molecule has 2 amide bonds. The molecule has 0 aromatic rings. The van der Waals surface area contributed by atoms with E-state index in [1.165, 1.54) is 5.01 Å². The molecule has 0 radical (unpaired) electrons. The Kier molecular flexibility index (Phi) is 1.62. The fraction of sp³-hybridized carbons (Fsp3) is 0.714. The van der Waals surface area contributed by atoms with Gasteiger partial charge in [0, 0.05) is 12.1 Å². The molecule has 2 N–H and O–H groups in total. The molecule has 0 unspecified atom stereocenters. The van der Waals surface area contributed by atoms with Crippen LogP contribution in [0, 0.1) is 0 Å². The normalized spacial score (nSPS) is 21.7. The van der Waals surface area contributed by atoms with E-state index in [4.69, 9.17) is 5.73 Å². The van der Waals surface area contributed by atoms with Gasteiger partial charge in [-0.05, 0) is 20.8 Å². The number of nitrogens with two attached hydrogens (primary N) is 1. The topological polar surface area (TPSA) is 58.7 Å². The van der Waals surface area contributed by atoms with Crippen molar-refractivity contribution in [3.8, 4) is 0 Å². The lowest BCUT2D eigenvalue weighted by Crippen LogP contribution is -2.43. The van der Waals surface area contributed by atoms with Gasteiger partial charge in [-0.2, -0.15) is 5.10 Å². The van der Waals surface area contributed by atoms with Crippen molar-refractivity contribution in [3.63, 3.8) is 0 Å². The minimum absolute atomic E-state index is 0.240. The summed E-state index contributed by atoms with van der Waals surface area (Å²) in [5.74, 6) is 0. The van der Waals surface area contributed by atoms with E-state index in [1.807, 2.05) is 20.8 Å². The third kappa shape index (κ3) is 1.34. The van der Waals surface area contributed by atoms with Gasteiger partial charge in [-0.3, -0.25) is 0 Å². The van der Waals surface area contributed by atoms with E-state index in [1.54, 1.807) is 0 Å². The highest BCUT2D eigenvalue weighted by Gasteiger charge is 2.35. The molecular formula is C7H13N3O. The van der Waals surface area contributed by atoms with E-state index < -0.39 is 6.03 Å². The van der Waals surface area contributed by atoms with Crippen molar-refractivity contribution in [1.82, 2.24) is 5.01 Å². The van der Waals surface area contributed by atoms with Gasteiger partial charge in [0.05, 0.1) is 5.54 Å². The zero-order valence-electron chi connectivity index (χ0n) is 7.09. The van der Waals surface area contributed by atoms with Crippen molar-refractivity contribution in [2.45, 2.75) is 32.7 Å². The van der Waals surface area contributed by atoms with Gasteiger partial charge in [0.2, 0.25) is 0 Å². The first-order chi connectivity index (χ1) is 4.93. The van der Waals surface area contributed by atoms with Gasteiger partial charge in [0.15, 0.2) is 0 Å². The average Bonchev–Trinajstić information content (AvgIpc) is 2.04. The molecule has 0 spiro atoms. The molecule has 1 aliphatic rings. The van der Waals surface area contributed by atoms with Crippen LogP contribution < -0.4 is 5.73 Å². The molecule has 0 atom stereocenters. The maximum atomic E-state index is 10.8. The molecule has 4 heteroatoms. The first-order valence-corrected chi connectivity index (χ1v) is 3.57. The largest absolute Gasteiger partial charge is 0.350 e. The highest BCUT2D eigenvalue weighted by Crippen LogP contribution is 2.25. The zero-order valence-corrected chi connectivity index (χ0v) is 7.09. The number of amides is 2. The predicted molar refractivity (Wildman–Crippen MR) is 43.2 cm³/mol. The molecule has 1 aliphatic heterocycles.